The van der Waals surface area contributed by atoms with Gasteiger partial charge in [0, 0.05) is 19.8 Å². The number of nitrogens with two attached hydrogens (primary N) is 1. The van der Waals surface area contributed by atoms with Crippen molar-refractivity contribution in [1.29, 1.82) is 0 Å². The van der Waals surface area contributed by atoms with Gasteiger partial charge in [0.2, 0.25) is 0 Å². The van der Waals surface area contributed by atoms with Crippen LogP contribution in [0.15, 0.2) is 29.2 Å². The summed E-state index contributed by atoms with van der Waals surface area (Å²) in [4.78, 5) is 2.31. The number of sulfone groups is 1. The maximum atomic E-state index is 11.7. The quantitative estimate of drug-likeness (QED) is 0.857. The van der Waals surface area contributed by atoms with Crippen LogP contribution in [0.1, 0.15) is 6.92 Å². The Hall–Kier alpha value is -1.07. The van der Waals surface area contributed by atoms with Crippen LogP contribution in [-0.2, 0) is 9.84 Å². The van der Waals surface area contributed by atoms with Crippen molar-refractivity contribution in [1.82, 2.24) is 0 Å². The molecule has 2 N–H and O–H groups in total. The highest BCUT2D eigenvalue weighted by Gasteiger charge is 2.16. The van der Waals surface area contributed by atoms with E-state index in [4.69, 9.17) is 5.73 Å². The van der Waals surface area contributed by atoms with Crippen molar-refractivity contribution in [3.63, 3.8) is 0 Å². The molecule has 0 bridgehead atoms. The van der Waals surface area contributed by atoms with E-state index in [2.05, 4.69) is 0 Å². The fourth-order valence-corrected chi connectivity index (χ4v) is 2.66. The van der Waals surface area contributed by atoms with Crippen LogP contribution in [0.25, 0.3) is 0 Å². The number of rotatable bonds is 5. The van der Waals surface area contributed by atoms with Gasteiger partial charge in [-0.15, -0.1) is 0 Å². The van der Waals surface area contributed by atoms with Crippen LogP contribution in [0.4, 0.5) is 5.69 Å². The predicted molar refractivity (Wildman–Crippen MR) is 71.0 cm³/mol. The third kappa shape index (κ3) is 3.71. The largest absolute Gasteiger partial charge is 0.373 e. The average molecular weight is 256 g/mol. The summed E-state index contributed by atoms with van der Waals surface area (Å²) in [5.41, 5.74) is 6.31. The highest BCUT2D eigenvalue weighted by atomic mass is 32.2. The summed E-state index contributed by atoms with van der Waals surface area (Å²) in [5, 5.41) is 0. The molecule has 1 aromatic carbocycles. The zero-order valence-electron chi connectivity index (χ0n) is 10.6. The van der Waals surface area contributed by atoms with Crippen LogP contribution >= 0.6 is 0 Å². The summed E-state index contributed by atoms with van der Waals surface area (Å²) in [6.07, 6.45) is 1.23. The Labute approximate surface area is 103 Å². The molecule has 0 aliphatic carbocycles. The summed E-state index contributed by atoms with van der Waals surface area (Å²) in [7, 11) is -1.31. The molecule has 1 rings (SSSR count). The van der Waals surface area contributed by atoms with Gasteiger partial charge in [-0.1, -0.05) is 19.1 Å². The first-order valence-electron chi connectivity index (χ1n) is 5.56. The maximum Gasteiger partial charge on any atom is 0.177 e. The van der Waals surface area contributed by atoms with Gasteiger partial charge < -0.3 is 10.6 Å². The molecule has 0 heterocycles. The molecule has 0 aliphatic heterocycles. The number of nitrogens with zero attached hydrogens (tertiary/aromatic N) is 1. The molecule has 5 heteroatoms. The van der Waals surface area contributed by atoms with Gasteiger partial charge in [0.15, 0.2) is 9.84 Å². The molecule has 4 nitrogen and oxygen atoms in total. The van der Waals surface area contributed by atoms with E-state index >= 15 is 0 Å². The molecule has 0 aliphatic rings. The summed E-state index contributed by atoms with van der Waals surface area (Å²) in [6.45, 7) is 3.37. The molecule has 0 aromatic heterocycles. The SMILES string of the molecule is CC(CN)CN(C)c1ccccc1S(C)(=O)=O. The van der Waals surface area contributed by atoms with Gasteiger partial charge in [-0.25, -0.2) is 8.42 Å². The molecule has 0 spiro atoms. The van der Waals surface area contributed by atoms with E-state index in [1.165, 1.54) is 6.26 Å². The predicted octanol–water partition coefficient (Wildman–Crippen LogP) is 1.12. The van der Waals surface area contributed by atoms with Gasteiger partial charge in [-0.3, -0.25) is 0 Å². The fraction of sp³-hybridized carbons (Fsp3) is 0.500. The summed E-state index contributed by atoms with van der Waals surface area (Å²) in [6, 6.07) is 7.03. The number of hydrogen-bond donors (Lipinski definition) is 1. The fourth-order valence-electron chi connectivity index (χ4n) is 1.73. The minimum atomic E-state index is -3.19. The van der Waals surface area contributed by atoms with Gasteiger partial charge in [0.1, 0.15) is 0 Å². The van der Waals surface area contributed by atoms with Crippen LogP contribution in [0, 0.1) is 5.92 Å². The van der Waals surface area contributed by atoms with Gasteiger partial charge in [-0.05, 0) is 24.6 Å². The van der Waals surface area contributed by atoms with Crippen molar-refractivity contribution >= 4 is 15.5 Å². The molecule has 0 amide bonds. The van der Waals surface area contributed by atoms with E-state index in [0.29, 0.717) is 17.4 Å². The van der Waals surface area contributed by atoms with E-state index in [1.807, 2.05) is 31.0 Å². The molecule has 0 fully saturated rings. The first-order valence-corrected chi connectivity index (χ1v) is 7.45. The van der Waals surface area contributed by atoms with Crippen LogP contribution in [0.3, 0.4) is 0 Å². The molecule has 1 aromatic rings. The Morgan fingerprint density at radius 3 is 2.47 bits per heavy atom. The molecular formula is C12H20N2O2S. The maximum absolute atomic E-state index is 11.7. The van der Waals surface area contributed by atoms with E-state index in [-0.39, 0.29) is 0 Å². The summed E-state index contributed by atoms with van der Waals surface area (Å²) in [5.74, 6) is 0.326. The molecule has 0 saturated heterocycles. The second-order valence-electron chi connectivity index (χ2n) is 4.46. The standard InChI is InChI=1S/C12H20N2O2S/c1-10(8-13)9-14(2)11-6-4-5-7-12(11)17(3,15)16/h4-7,10H,8-9,13H2,1-3H3. The van der Waals surface area contributed by atoms with Crippen molar-refractivity contribution in [2.24, 2.45) is 11.7 Å². The molecule has 0 radical (unpaired) electrons. The normalized spacial score (nSPS) is 13.4. The smallest absolute Gasteiger partial charge is 0.177 e. The number of hydrogen-bond acceptors (Lipinski definition) is 4. The Balaban J connectivity index is 3.06. The monoisotopic (exact) mass is 256 g/mol. The van der Waals surface area contributed by atoms with Crippen molar-refractivity contribution in [2.45, 2.75) is 11.8 Å². The van der Waals surface area contributed by atoms with Crippen molar-refractivity contribution in [3.8, 4) is 0 Å². The highest BCUT2D eigenvalue weighted by molar-refractivity contribution is 7.90. The lowest BCUT2D eigenvalue weighted by Gasteiger charge is -2.24. The number of benzene rings is 1. The lowest BCUT2D eigenvalue weighted by Crippen LogP contribution is -2.29. The number of anilines is 1. The van der Waals surface area contributed by atoms with E-state index < -0.39 is 9.84 Å². The minimum Gasteiger partial charge on any atom is -0.373 e. The van der Waals surface area contributed by atoms with Crippen LogP contribution in [0.5, 0.6) is 0 Å². The number of para-hydroxylation sites is 1. The first kappa shape index (κ1) is 14.0. The van der Waals surface area contributed by atoms with Gasteiger partial charge >= 0.3 is 0 Å². The van der Waals surface area contributed by atoms with Crippen LogP contribution in [-0.4, -0.2) is 34.8 Å². The molecular weight excluding hydrogens is 236 g/mol. The molecule has 0 saturated carbocycles. The lowest BCUT2D eigenvalue weighted by atomic mass is 10.1. The van der Waals surface area contributed by atoms with E-state index in [0.717, 1.165) is 12.2 Å². The third-order valence-electron chi connectivity index (χ3n) is 2.66. The zero-order valence-corrected chi connectivity index (χ0v) is 11.4. The molecule has 96 valence electrons. The molecule has 1 atom stereocenters. The Kier molecular flexibility index (Phi) is 4.54. The van der Waals surface area contributed by atoms with Crippen LogP contribution < -0.4 is 10.6 Å². The topological polar surface area (TPSA) is 63.4 Å². The zero-order chi connectivity index (χ0) is 13.1. The van der Waals surface area contributed by atoms with Crippen molar-refractivity contribution < 1.29 is 8.42 Å². The lowest BCUT2D eigenvalue weighted by molar-refractivity contribution is 0.584. The summed E-state index contributed by atoms with van der Waals surface area (Å²) < 4.78 is 23.3. The summed E-state index contributed by atoms with van der Waals surface area (Å²) >= 11 is 0. The second-order valence-corrected chi connectivity index (χ2v) is 6.45. The average Bonchev–Trinajstić information content (AvgIpc) is 2.27. The minimum absolute atomic E-state index is 0.326. The molecule has 1 unspecified atom stereocenters. The highest BCUT2D eigenvalue weighted by Crippen LogP contribution is 2.24. The van der Waals surface area contributed by atoms with Crippen molar-refractivity contribution in [3.05, 3.63) is 24.3 Å². The Morgan fingerprint density at radius 2 is 1.94 bits per heavy atom. The van der Waals surface area contributed by atoms with Crippen LogP contribution in [0.2, 0.25) is 0 Å². The second kappa shape index (κ2) is 5.51. The first-order chi connectivity index (χ1) is 7.86. The van der Waals surface area contributed by atoms with Gasteiger partial charge in [-0.2, -0.15) is 0 Å². The van der Waals surface area contributed by atoms with Gasteiger partial charge in [0.05, 0.1) is 10.6 Å². The molecule has 17 heavy (non-hydrogen) atoms. The van der Waals surface area contributed by atoms with E-state index in [1.54, 1.807) is 12.1 Å². The third-order valence-corrected chi connectivity index (χ3v) is 3.81. The Morgan fingerprint density at radius 1 is 1.35 bits per heavy atom. The van der Waals surface area contributed by atoms with Gasteiger partial charge in [0.25, 0.3) is 0 Å². The van der Waals surface area contributed by atoms with E-state index in [9.17, 15) is 8.42 Å². The van der Waals surface area contributed by atoms with Crippen molar-refractivity contribution in [2.75, 3.05) is 31.3 Å². The Bertz CT molecular complexity index is 471.